The number of carbonyl (C=O) groups is 1. The Morgan fingerprint density at radius 1 is 1.82 bits per heavy atom. The Kier molecular flexibility index (Phi) is 5.67. The van der Waals surface area contributed by atoms with Crippen LogP contribution in [0, 0.1) is 11.3 Å². The number of rotatable bonds is 4. The van der Waals surface area contributed by atoms with Crippen molar-refractivity contribution < 1.29 is 4.79 Å². The molecule has 0 bridgehead atoms. The van der Waals surface area contributed by atoms with Crippen LogP contribution in [0.15, 0.2) is 0 Å². The van der Waals surface area contributed by atoms with Crippen LogP contribution in [-0.4, -0.2) is 24.0 Å². The van der Waals surface area contributed by atoms with Crippen molar-refractivity contribution in [3.63, 3.8) is 0 Å². The van der Waals surface area contributed by atoms with Gasteiger partial charge in [-0.2, -0.15) is 17.0 Å². The molecular formula is C7H12N2OS. The van der Waals surface area contributed by atoms with Gasteiger partial charge in [0.1, 0.15) is 6.42 Å². The molecule has 62 valence electrons. The third kappa shape index (κ3) is 5.74. The van der Waals surface area contributed by atoms with Gasteiger partial charge in [0.2, 0.25) is 5.91 Å². The van der Waals surface area contributed by atoms with Gasteiger partial charge < -0.3 is 5.32 Å². The van der Waals surface area contributed by atoms with E-state index in [0.29, 0.717) is 0 Å². The molecule has 1 unspecified atom stereocenters. The topological polar surface area (TPSA) is 52.9 Å². The average molecular weight is 172 g/mol. The number of hydrogen-bond donors (Lipinski definition) is 1. The number of nitrogens with zero attached hydrogens (tertiary/aromatic N) is 1. The first-order valence-electron chi connectivity index (χ1n) is 3.36. The van der Waals surface area contributed by atoms with Gasteiger partial charge in [-0.05, 0) is 13.2 Å². The summed E-state index contributed by atoms with van der Waals surface area (Å²) in [5.41, 5.74) is 0. The zero-order valence-electron chi connectivity index (χ0n) is 6.76. The Morgan fingerprint density at radius 3 is 2.91 bits per heavy atom. The van der Waals surface area contributed by atoms with Crippen LogP contribution in [0.1, 0.15) is 13.3 Å². The Balaban J connectivity index is 3.50. The number of thioether (sulfide) groups is 1. The lowest BCUT2D eigenvalue weighted by molar-refractivity contribution is -0.120. The number of nitrogens with one attached hydrogen (secondary N) is 1. The summed E-state index contributed by atoms with van der Waals surface area (Å²) in [5.74, 6) is 0.700. The summed E-state index contributed by atoms with van der Waals surface area (Å²) in [6.07, 6.45) is 1.94. The van der Waals surface area contributed by atoms with E-state index in [4.69, 9.17) is 5.26 Å². The van der Waals surface area contributed by atoms with Crippen molar-refractivity contribution in [3.8, 4) is 6.07 Å². The predicted molar refractivity (Wildman–Crippen MR) is 46.2 cm³/mol. The second-order valence-electron chi connectivity index (χ2n) is 2.26. The smallest absolute Gasteiger partial charge is 0.234 e. The van der Waals surface area contributed by atoms with Gasteiger partial charge in [0.25, 0.3) is 0 Å². The fraction of sp³-hybridized carbons (Fsp3) is 0.714. The molecule has 0 heterocycles. The number of nitriles is 1. The van der Waals surface area contributed by atoms with Crippen LogP contribution >= 0.6 is 11.8 Å². The third-order valence-corrected chi connectivity index (χ3v) is 1.90. The van der Waals surface area contributed by atoms with Crippen LogP contribution in [0.2, 0.25) is 0 Å². The van der Waals surface area contributed by atoms with Crippen LogP contribution in [0.25, 0.3) is 0 Å². The summed E-state index contributed by atoms with van der Waals surface area (Å²) in [4.78, 5) is 10.8. The van der Waals surface area contributed by atoms with Crippen LogP contribution < -0.4 is 5.32 Å². The molecule has 0 saturated heterocycles. The van der Waals surface area contributed by atoms with E-state index in [9.17, 15) is 4.79 Å². The van der Waals surface area contributed by atoms with Gasteiger partial charge in [0, 0.05) is 11.8 Å². The standard InChI is InChI=1S/C7H12N2OS/c1-6(5-11-2)9-7(10)3-4-8/h6H,3,5H2,1-2H3,(H,9,10). The van der Waals surface area contributed by atoms with E-state index in [-0.39, 0.29) is 18.4 Å². The molecule has 1 N–H and O–H groups in total. The molecule has 1 amide bonds. The molecule has 0 aromatic heterocycles. The Bertz CT molecular complexity index is 164. The molecule has 0 aliphatic heterocycles. The van der Waals surface area contributed by atoms with Crippen molar-refractivity contribution in [2.75, 3.05) is 12.0 Å². The van der Waals surface area contributed by atoms with E-state index in [2.05, 4.69) is 5.32 Å². The lowest BCUT2D eigenvalue weighted by Crippen LogP contribution is -2.33. The summed E-state index contributed by atoms with van der Waals surface area (Å²) >= 11 is 1.67. The second kappa shape index (κ2) is 6.05. The highest BCUT2D eigenvalue weighted by Gasteiger charge is 2.04. The van der Waals surface area contributed by atoms with Crippen LogP contribution in [0.4, 0.5) is 0 Å². The molecule has 0 saturated carbocycles. The first-order chi connectivity index (χ1) is 5.20. The quantitative estimate of drug-likeness (QED) is 0.681. The van der Waals surface area contributed by atoms with E-state index in [0.717, 1.165) is 5.75 Å². The Labute approximate surface area is 71.2 Å². The maximum atomic E-state index is 10.8. The fourth-order valence-electron chi connectivity index (χ4n) is 0.689. The monoisotopic (exact) mass is 172 g/mol. The molecule has 1 atom stereocenters. The van der Waals surface area contributed by atoms with Gasteiger partial charge in [-0.15, -0.1) is 0 Å². The first-order valence-corrected chi connectivity index (χ1v) is 4.75. The highest BCUT2D eigenvalue weighted by atomic mass is 32.2. The number of hydrogen-bond acceptors (Lipinski definition) is 3. The van der Waals surface area contributed by atoms with Crippen molar-refractivity contribution >= 4 is 17.7 Å². The van der Waals surface area contributed by atoms with Crippen LogP contribution in [-0.2, 0) is 4.79 Å². The second-order valence-corrected chi connectivity index (χ2v) is 3.17. The molecule has 0 radical (unpaired) electrons. The molecule has 0 aromatic rings. The van der Waals surface area contributed by atoms with E-state index < -0.39 is 0 Å². The summed E-state index contributed by atoms with van der Waals surface area (Å²) in [6, 6.07) is 1.95. The molecule has 0 rings (SSSR count). The average Bonchev–Trinajstić information content (AvgIpc) is 1.87. The van der Waals surface area contributed by atoms with Crippen molar-refractivity contribution in [2.45, 2.75) is 19.4 Å². The maximum Gasteiger partial charge on any atom is 0.234 e. The molecular weight excluding hydrogens is 160 g/mol. The third-order valence-electron chi connectivity index (χ3n) is 1.06. The van der Waals surface area contributed by atoms with E-state index >= 15 is 0 Å². The minimum absolute atomic E-state index is 0.0429. The molecule has 0 aliphatic rings. The van der Waals surface area contributed by atoms with Crippen molar-refractivity contribution in [1.82, 2.24) is 5.32 Å². The van der Waals surface area contributed by atoms with E-state index in [1.165, 1.54) is 0 Å². The number of amides is 1. The van der Waals surface area contributed by atoms with Crippen molar-refractivity contribution in [2.24, 2.45) is 0 Å². The Hall–Kier alpha value is -0.690. The van der Waals surface area contributed by atoms with Gasteiger partial charge in [0.05, 0.1) is 6.07 Å². The zero-order valence-corrected chi connectivity index (χ0v) is 7.57. The number of carbonyl (C=O) groups excluding carboxylic acids is 1. The van der Waals surface area contributed by atoms with E-state index in [1.54, 1.807) is 17.8 Å². The van der Waals surface area contributed by atoms with Crippen LogP contribution in [0.5, 0.6) is 0 Å². The zero-order chi connectivity index (χ0) is 8.69. The van der Waals surface area contributed by atoms with Gasteiger partial charge in [0.15, 0.2) is 0 Å². The summed E-state index contributed by atoms with van der Waals surface area (Å²) in [7, 11) is 0. The maximum absolute atomic E-state index is 10.8. The summed E-state index contributed by atoms with van der Waals surface area (Å²) in [5, 5.41) is 10.9. The van der Waals surface area contributed by atoms with Crippen molar-refractivity contribution in [3.05, 3.63) is 0 Å². The molecule has 0 spiro atoms. The Morgan fingerprint density at radius 2 is 2.45 bits per heavy atom. The molecule has 0 aromatic carbocycles. The normalized spacial score (nSPS) is 11.7. The SMILES string of the molecule is CSCC(C)NC(=O)CC#N. The molecule has 11 heavy (non-hydrogen) atoms. The lowest BCUT2D eigenvalue weighted by Gasteiger charge is -2.09. The van der Waals surface area contributed by atoms with Gasteiger partial charge >= 0.3 is 0 Å². The predicted octanol–water partition coefficient (Wildman–Crippen LogP) is 0.768. The van der Waals surface area contributed by atoms with E-state index in [1.807, 2.05) is 13.2 Å². The molecule has 3 nitrogen and oxygen atoms in total. The lowest BCUT2D eigenvalue weighted by atomic mass is 10.3. The minimum atomic E-state index is -0.186. The summed E-state index contributed by atoms with van der Waals surface area (Å²) in [6.45, 7) is 1.92. The minimum Gasteiger partial charge on any atom is -0.352 e. The van der Waals surface area contributed by atoms with Crippen molar-refractivity contribution in [1.29, 1.82) is 5.26 Å². The van der Waals surface area contributed by atoms with Gasteiger partial charge in [-0.25, -0.2) is 0 Å². The highest BCUT2D eigenvalue weighted by Crippen LogP contribution is 1.95. The van der Waals surface area contributed by atoms with Gasteiger partial charge in [-0.3, -0.25) is 4.79 Å². The summed E-state index contributed by atoms with van der Waals surface area (Å²) < 4.78 is 0. The molecule has 0 aliphatic carbocycles. The fourth-order valence-corrected chi connectivity index (χ4v) is 1.27. The molecule has 4 heteroatoms. The molecule has 0 fully saturated rings. The van der Waals surface area contributed by atoms with Gasteiger partial charge in [-0.1, -0.05) is 0 Å². The van der Waals surface area contributed by atoms with Crippen LogP contribution in [0.3, 0.4) is 0 Å². The largest absolute Gasteiger partial charge is 0.352 e. The first kappa shape index (κ1) is 10.3. The highest BCUT2D eigenvalue weighted by molar-refractivity contribution is 7.98.